The zero-order chi connectivity index (χ0) is 13.2. The van der Waals surface area contributed by atoms with E-state index in [9.17, 15) is 4.79 Å². The van der Waals surface area contributed by atoms with Crippen LogP contribution in [0.2, 0.25) is 0 Å². The molecule has 0 N–H and O–H groups in total. The molecule has 0 saturated carbocycles. The highest BCUT2D eigenvalue weighted by Gasteiger charge is 2.21. The van der Waals surface area contributed by atoms with Crippen LogP contribution in [-0.2, 0) is 12.8 Å². The number of Topliss-reactive ketones (excluding diaryl/α,β-unsaturated/α-hetero) is 1. The molecular formula is C18H20O. The Morgan fingerprint density at radius 1 is 1.21 bits per heavy atom. The summed E-state index contributed by atoms with van der Waals surface area (Å²) in [5.74, 6) is 0.344. The average molecular weight is 252 g/mol. The summed E-state index contributed by atoms with van der Waals surface area (Å²) in [5.41, 5.74) is 3.76. The van der Waals surface area contributed by atoms with E-state index in [4.69, 9.17) is 0 Å². The molecule has 3 rings (SSSR count). The van der Waals surface area contributed by atoms with E-state index in [1.54, 1.807) is 0 Å². The maximum atomic E-state index is 12.6. The van der Waals surface area contributed by atoms with Gasteiger partial charge >= 0.3 is 0 Å². The molecule has 0 atom stereocenters. The summed E-state index contributed by atoms with van der Waals surface area (Å²) in [6.45, 7) is 2.14. The van der Waals surface area contributed by atoms with E-state index in [1.807, 2.05) is 6.07 Å². The minimum absolute atomic E-state index is 0.344. The van der Waals surface area contributed by atoms with E-state index in [0.29, 0.717) is 12.2 Å². The Labute approximate surface area is 114 Å². The first-order valence-electron chi connectivity index (χ1n) is 7.38. The molecule has 0 aliphatic heterocycles. The molecule has 1 heteroatoms. The van der Waals surface area contributed by atoms with Gasteiger partial charge in [-0.2, -0.15) is 0 Å². The number of rotatable bonds is 4. The highest BCUT2D eigenvalue weighted by atomic mass is 16.1. The van der Waals surface area contributed by atoms with Gasteiger partial charge in [0.25, 0.3) is 0 Å². The van der Waals surface area contributed by atoms with Crippen molar-refractivity contribution in [3.05, 3.63) is 47.0 Å². The van der Waals surface area contributed by atoms with E-state index in [1.165, 1.54) is 22.9 Å². The molecule has 2 aromatic carbocycles. The highest BCUT2D eigenvalue weighted by molar-refractivity contribution is 6.10. The maximum Gasteiger partial charge on any atom is 0.163 e. The molecule has 0 unspecified atom stereocenters. The zero-order valence-corrected chi connectivity index (χ0v) is 11.5. The number of carbonyl (C=O) groups excluding carboxylic acids is 1. The van der Waals surface area contributed by atoms with Crippen molar-refractivity contribution in [1.29, 1.82) is 0 Å². The minimum atomic E-state index is 0.344. The molecule has 0 spiro atoms. The van der Waals surface area contributed by atoms with Gasteiger partial charge in [-0.3, -0.25) is 4.79 Å². The molecule has 19 heavy (non-hydrogen) atoms. The van der Waals surface area contributed by atoms with Crippen LogP contribution in [0, 0.1) is 0 Å². The van der Waals surface area contributed by atoms with Gasteiger partial charge in [0.15, 0.2) is 5.78 Å². The van der Waals surface area contributed by atoms with E-state index >= 15 is 0 Å². The van der Waals surface area contributed by atoms with Crippen molar-refractivity contribution in [2.45, 2.75) is 45.4 Å². The van der Waals surface area contributed by atoms with Crippen LogP contribution in [0.3, 0.4) is 0 Å². The smallest absolute Gasteiger partial charge is 0.163 e. The summed E-state index contributed by atoms with van der Waals surface area (Å²) in [6, 6.07) is 10.6. The third-order valence-corrected chi connectivity index (χ3v) is 4.16. The van der Waals surface area contributed by atoms with Crippen LogP contribution in [0.5, 0.6) is 0 Å². The first-order chi connectivity index (χ1) is 9.31. The van der Waals surface area contributed by atoms with Crippen LogP contribution in [0.4, 0.5) is 0 Å². The van der Waals surface area contributed by atoms with Gasteiger partial charge in [-0.05, 0) is 47.6 Å². The van der Waals surface area contributed by atoms with Gasteiger partial charge in [-0.15, -0.1) is 0 Å². The highest BCUT2D eigenvalue weighted by Crippen LogP contribution is 2.33. The Hall–Kier alpha value is -1.63. The lowest BCUT2D eigenvalue weighted by Crippen LogP contribution is -2.05. The van der Waals surface area contributed by atoms with E-state index < -0.39 is 0 Å². The maximum absolute atomic E-state index is 12.6. The van der Waals surface area contributed by atoms with Crippen LogP contribution in [0.1, 0.15) is 54.1 Å². The lowest BCUT2D eigenvalue weighted by molar-refractivity contribution is 0.0980. The molecule has 98 valence electrons. The van der Waals surface area contributed by atoms with Crippen molar-refractivity contribution >= 4 is 16.6 Å². The normalized spacial score (nSPS) is 13.7. The Morgan fingerprint density at radius 2 is 2.05 bits per heavy atom. The summed E-state index contributed by atoms with van der Waals surface area (Å²) >= 11 is 0. The van der Waals surface area contributed by atoms with Gasteiger partial charge in [-0.25, -0.2) is 0 Å². The number of unbranched alkanes of at least 4 members (excludes halogenated alkanes) is 1. The molecule has 0 heterocycles. The lowest BCUT2D eigenvalue weighted by atomic mass is 9.91. The van der Waals surface area contributed by atoms with Gasteiger partial charge < -0.3 is 0 Å². The summed E-state index contributed by atoms with van der Waals surface area (Å²) in [4.78, 5) is 12.6. The monoisotopic (exact) mass is 252 g/mol. The quantitative estimate of drug-likeness (QED) is 0.721. The van der Waals surface area contributed by atoms with Crippen LogP contribution in [0.15, 0.2) is 30.3 Å². The van der Waals surface area contributed by atoms with Gasteiger partial charge in [0, 0.05) is 12.0 Å². The fraction of sp³-hybridized carbons (Fsp3) is 0.389. The molecule has 0 saturated heterocycles. The first-order valence-corrected chi connectivity index (χ1v) is 7.38. The number of ketones is 1. The van der Waals surface area contributed by atoms with Crippen molar-refractivity contribution < 1.29 is 4.79 Å². The number of fused-ring (bicyclic) bond motifs is 2. The summed E-state index contributed by atoms with van der Waals surface area (Å²) < 4.78 is 0. The molecule has 1 aliphatic rings. The zero-order valence-electron chi connectivity index (χ0n) is 11.5. The third-order valence-electron chi connectivity index (χ3n) is 4.16. The fourth-order valence-corrected chi connectivity index (χ4v) is 3.19. The van der Waals surface area contributed by atoms with E-state index in [-0.39, 0.29) is 0 Å². The van der Waals surface area contributed by atoms with Crippen molar-refractivity contribution in [2.75, 3.05) is 0 Å². The number of hydrogen-bond donors (Lipinski definition) is 0. The van der Waals surface area contributed by atoms with Gasteiger partial charge in [-0.1, -0.05) is 43.7 Å². The number of benzene rings is 2. The number of carbonyl (C=O) groups is 1. The molecule has 2 aromatic rings. The van der Waals surface area contributed by atoms with Gasteiger partial charge in [0.05, 0.1) is 0 Å². The molecule has 0 fully saturated rings. The van der Waals surface area contributed by atoms with Crippen molar-refractivity contribution in [3.63, 3.8) is 0 Å². The van der Waals surface area contributed by atoms with Crippen LogP contribution < -0.4 is 0 Å². The topological polar surface area (TPSA) is 17.1 Å². The molecule has 0 aromatic heterocycles. The van der Waals surface area contributed by atoms with E-state index in [0.717, 1.165) is 36.6 Å². The second-order valence-electron chi connectivity index (χ2n) is 5.49. The minimum Gasteiger partial charge on any atom is -0.294 e. The summed E-state index contributed by atoms with van der Waals surface area (Å²) in [5, 5.41) is 2.38. The van der Waals surface area contributed by atoms with Crippen molar-refractivity contribution in [3.8, 4) is 0 Å². The second kappa shape index (κ2) is 5.16. The predicted octanol–water partition coefficient (Wildman–Crippen LogP) is 4.70. The SMILES string of the molecule is CCCCC(=O)c1c2c(cc3ccccc13)CCC2. The Morgan fingerprint density at radius 3 is 2.89 bits per heavy atom. The molecule has 1 nitrogen and oxygen atoms in total. The molecule has 0 bridgehead atoms. The summed E-state index contributed by atoms with van der Waals surface area (Å²) in [7, 11) is 0. The van der Waals surface area contributed by atoms with Gasteiger partial charge in [0.1, 0.15) is 0 Å². The molecular weight excluding hydrogens is 232 g/mol. The molecule has 0 radical (unpaired) electrons. The van der Waals surface area contributed by atoms with Crippen LogP contribution in [-0.4, -0.2) is 5.78 Å². The molecule has 0 amide bonds. The predicted molar refractivity (Wildman–Crippen MR) is 79.8 cm³/mol. The third kappa shape index (κ3) is 2.18. The standard InChI is InChI=1S/C18H20O/c1-2-3-11-17(19)18-15-9-5-4-7-13(15)12-14-8-6-10-16(14)18/h4-5,7,9,12H,2-3,6,8,10-11H2,1H3. The Bertz CT molecular complexity index is 625. The largest absolute Gasteiger partial charge is 0.294 e. The number of hydrogen-bond acceptors (Lipinski definition) is 1. The molecule has 1 aliphatic carbocycles. The summed E-state index contributed by atoms with van der Waals surface area (Å²) in [6.07, 6.45) is 6.17. The number of aryl methyl sites for hydroxylation is 1. The van der Waals surface area contributed by atoms with Crippen molar-refractivity contribution in [2.24, 2.45) is 0 Å². The van der Waals surface area contributed by atoms with Crippen LogP contribution in [0.25, 0.3) is 10.8 Å². The lowest BCUT2D eigenvalue weighted by Gasteiger charge is -2.12. The first kappa shape index (κ1) is 12.4. The Balaban J connectivity index is 2.17. The van der Waals surface area contributed by atoms with Crippen LogP contribution >= 0.6 is 0 Å². The van der Waals surface area contributed by atoms with Crippen molar-refractivity contribution in [1.82, 2.24) is 0 Å². The Kier molecular flexibility index (Phi) is 3.37. The average Bonchev–Trinajstić information content (AvgIpc) is 2.89. The van der Waals surface area contributed by atoms with E-state index in [2.05, 4.69) is 31.2 Å². The van der Waals surface area contributed by atoms with Gasteiger partial charge in [0.2, 0.25) is 0 Å². The second-order valence-corrected chi connectivity index (χ2v) is 5.49. The fourth-order valence-electron chi connectivity index (χ4n) is 3.19.